The number of carbonyl (C=O) groups excluding carboxylic acids is 1. The molecule has 0 aliphatic carbocycles. The summed E-state index contributed by atoms with van der Waals surface area (Å²) in [4.78, 5) is 12.0. The molecule has 0 spiro atoms. The average molecular weight is 302 g/mol. The minimum atomic E-state index is -0.299. The first-order valence-electron chi connectivity index (χ1n) is 7.54. The summed E-state index contributed by atoms with van der Waals surface area (Å²) in [5.74, 6) is 0.523. The molecule has 0 unspecified atom stereocenters. The van der Waals surface area contributed by atoms with Gasteiger partial charge in [-0.3, -0.25) is 4.68 Å². The number of hydrogen-bond acceptors (Lipinski definition) is 4. The zero-order chi connectivity index (χ0) is 15.9. The molecule has 0 amide bonds. The summed E-state index contributed by atoms with van der Waals surface area (Å²) in [6.45, 7) is 4.85. The van der Waals surface area contributed by atoms with Crippen molar-refractivity contribution in [1.82, 2.24) is 9.78 Å². The average Bonchev–Trinajstić information content (AvgIpc) is 2.91. The summed E-state index contributed by atoms with van der Waals surface area (Å²) in [5, 5.41) is 4.53. The van der Waals surface area contributed by atoms with Crippen LogP contribution < -0.4 is 4.74 Å². The Morgan fingerprint density at radius 3 is 2.55 bits per heavy atom. The van der Waals surface area contributed by atoms with Crippen LogP contribution in [0.2, 0.25) is 0 Å². The summed E-state index contributed by atoms with van der Waals surface area (Å²) in [6, 6.07) is 7.81. The topological polar surface area (TPSA) is 53.4 Å². The van der Waals surface area contributed by atoms with Crippen LogP contribution in [0.4, 0.5) is 0 Å². The second-order valence-electron chi connectivity index (χ2n) is 5.01. The lowest BCUT2D eigenvalue weighted by Gasteiger charge is -2.03. The second kappa shape index (κ2) is 7.64. The Morgan fingerprint density at radius 1 is 1.23 bits per heavy atom. The molecule has 0 saturated heterocycles. The molecule has 2 aromatic rings. The highest BCUT2D eigenvalue weighted by Crippen LogP contribution is 2.15. The van der Waals surface area contributed by atoms with Gasteiger partial charge >= 0.3 is 5.97 Å². The Hall–Kier alpha value is -2.30. The highest BCUT2D eigenvalue weighted by Gasteiger charge is 2.16. The molecule has 1 heterocycles. The molecule has 0 saturated carbocycles. The van der Waals surface area contributed by atoms with Crippen LogP contribution >= 0.6 is 0 Å². The third-order valence-electron chi connectivity index (χ3n) is 3.32. The highest BCUT2D eigenvalue weighted by molar-refractivity contribution is 5.90. The van der Waals surface area contributed by atoms with Gasteiger partial charge in [0.2, 0.25) is 0 Å². The molecule has 0 aliphatic heterocycles. The van der Waals surface area contributed by atoms with E-state index >= 15 is 0 Å². The lowest BCUT2D eigenvalue weighted by Crippen LogP contribution is -2.06. The van der Waals surface area contributed by atoms with Gasteiger partial charge < -0.3 is 9.47 Å². The molecule has 5 nitrogen and oxygen atoms in total. The fourth-order valence-corrected chi connectivity index (χ4v) is 2.26. The van der Waals surface area contributed by atoms with E-state index in [1.165, 1.54) is 0 Å². The number of methoxy groups -OCH3 is 1. The van der Waals surface area contributed by atoms with Crippen LogP contribution in [-0.4, -0.2) is 29.5 Å². The van der Waals surface area contributed by atoms with Crippen molar-refractivity contribution < 1.29 is 14.3 Å². The minimum absolute atomic E-state index is 0.299. The normalized spacial score (nSPS) is 10.5. The number of rotatable bonds is 7. The predicted molar refractivity (Wildman–Crippen MR) is 84.3 cm³/mol. The SMILES string of the molecule is CCCc1nn(Cc2ccc(OC)cc2)cc1C(=O)OCC. The summed E-state index contributed by atoms with van der Waals surface area (Å²) in [5.41, 5.74) is 2.47. The van der Waals surface area contributed by atoms with E-state index in [9.17, 15) is 4.79 Å². The molecule has 0 radical (unpaired) electrons. The molecular weight excluding hydrogens is 280 g/mol. The van der Waals surface area contributed by atoms with Crippen molar-refractivity contribution in [2.45, 2.75) is 33.2 Å². The van der Waals surface area contributed by atoms with Gasteiger partial charge in [0.25, 0.3) is 0 Å². The van der Waals surface area contributed by atoms with Gasteiger partial charge in [0.15, 0.2) is 0 Å². The van der Waals surface area contributed by atoms with E-state index in [1.807, 2.05) is 24.3 Å². The maximum Gasteiger partial charge on any atom is 0.341 e. The van der Waals surface area contributed by atoms with Crippen LogP contribution in [0.25, 0.3) is 0 Å². The first-order chi connectivity index (χ1) is 10.7. The van der Waals surface area contributed by atoms with Gasteiger partial charge in [0.05, 0.1) is 26.0 Å². The monoisotopic (exact) mass is 302 g/mol. The molecule has 118 valence electrons. The van der Waals surface area contributed by atoms with Gasteiger partial charge in [-0.25, -0.2) is 4.79 Å². The number of aryl methyl sites for hydroxylation is 1. The zero-order valence-corrected chi connectivity index (χ0v) is 13.3. The van der Waals surface area contributed by atoms with Crippen LogP contribution in [0.3, 0.4) is 0 Å². The number of esters is 1. The van der Waals surface area contributed by atoms with Crippen molar-refractivity contribution in [2.24, 2.45) is 0 Å². The summed E-state index contributed by atoms with van der Waals surface area (Å²) < 4.78 is 12.0. The second-order valence-corrected chi connectivity index (χ2v) is 5.01. The molecular formula is C17H22N2O3. The van der Waals surface area contributed by atoms with Crippen molar-refractivity contribution >= 4 is 5.97 Å². The Morgan fingerprint density at radius 2 is 1.95 bits per heavy atom. The van der Waals surface area contributed by atoms with Gasteiger partial charge in [0.1, 0.15) is 11.3 Å². The largest absolute Gasteiger partial charge is 0.497 e. The molecule has 0 atom stereocenters. The van der Waals surface area contributed by atoms with Crippen molar-refractivity contribution in [1.29, 1.82) is 0 Å². The van der Waals surface area contributed by atoms with Crippen LogP contribution in [0, 0.1) is 0 Å². The quantitative estimate of drug-likeness (QED) is 0.738. The summed E-state index contributed by atoms with van der Waals surface area (Å²) >= 11 is 0. The van der Waals surface area contributed by atoms with Gasteiger partial charge in [0, 0.05) is 6.20 Å². The standard InChI is InChI=1S/C17H22N2O3/c1-4-6-16-15(17(20)22-5-2)12-19(18-16)11-13-7-9-14(21-3)10-8-13/h7-10,12H,4-6,11H2,1-3H3. The lowest BCUT2D eigenvalue weighted by molar-refractivity contribution is 0.0525. The molecule has 2 rings (SSSR count). The maximum atomic E-state index is 12.0. The number of nitrogens with zero attached hydrogens (tertiary/aromatic N) is 2. The van der Waals surface area contributed by atoms with E-state index in [1.54, 1.807) is 24.9 Å². The predicted octanol–water partition coefficient (Wildman–Crippen LogP) is 3.07. The van der Waals surface area contributed by atoms with E-state index in [2.05, 4.69) is 12.0 Å². The minimum Gasteiger partial charge on any atom is -0.497 e. The van der Waals surface area contributed by atoms with Crippen LogP contribution in [0.1, 0.15) is 41.9 Å². The van der Waals surface area contributed by atoms with Gasteiger partial charge in [-0.05, 0) is 31.0 Å². The molecule has 1 aromatic carbocycles. The fourth-order valence-electron chi connectivity index (χ4n) is 2.26. The molecule has 1 aromatic heterocycles. The number of benzene rings is 1. The molecule has 22 heavy (non-hydrogen) atoms. The third-order valence-corrected chi connectivity index (χ3v) is 3.32. The summed E-state index contributed by atoms with van der Waals surface area (Å²) in [7, 11) is 1.64. The molecule has 0 N–H and O–H groups in total. The van der Waals surface area contributed by atoms with Crippen molar-refractivity contribution in [3.63, 3.8) is 0 Å². The first kappa shape index (κ1) is 16.1. The van der Waals surface area contributed by atoms with E-state index in [0.29, 0.717) is 18.7 Å². The van der Waals surface area contributed by atoms with Crippen LogP contribution in [0.15, 0.2) is 30.5 Å². The van der Waals surface area contributed by atoms with Crippen molar-refractivity contribution in [2.75, 3.05) is 13.7 Å². The van der Waals surface area contributed by atoms with E-state index in [-0.39, 0.29) is 5.97 Å². The molecule has 0 aliphatic rings. The number of carbonyl (C=O) groups is 1. The van der Waals surface area contributed by atoms with Crippen LogP contribution in [-0.2, 0) is 17.7 Å². The fraction of sp³-hybridized carbons (Fsp3) is 0.412. The van der Waals surface area contributed by atoms with Gasteiger partial charge in [-0.2, -0.15) is 5.10 Å². The Balaban J connectivity index is 2.19. The Bertz CT molecular complexity index is 617. The Kier molecular flexibility index (Phi) is 5.58. The van der Waals surface area contributed by atoms with Crippen molar-refractivity contribution in [3.8, 4) is 5.75 Å². The number of aromatic nitrogens is 2. The molecule has 0 bridgehead atoms. The number of ether oxygens (including phenoxy) is 2. The van der Waals surface area contributed by atoms with E-state index in [0.717, 1.165) is 29.8 Å². The first-order valence-corrected chi connectivity index (χ1v) is 7.54. The lowest BCUT2D eigenvalue weighted by atomic mass is 10.2. The Labute approximate surface area is 130 Å². The smallest absolute Gasteiger partial charge is 0.341 e. The van der Waals surface area contributed by atoms with E-state index in [4.69, 9.17) is 9.47 Å². The summed E-state index contributed by atoms with van der Waals surface area (Å²) in [6.07, 6.45) is 3.48. The molecule has 5 heteroatoms. The zero-order valence-electron chi connectivity index (χ0n) is 13.3. The number of hydrogen-bond donors (Lipinski definition) is 0. The van der Waals surface area contributed by atoms with E-state index < -0.39 is 0 Å². The highest BCUT2D eigenvalue weighted by atomic mass is 16.5. The van der Waals surface area contributed by atoms with Gasteiger partial charge in [-0.1, -0.05) is 25.5 Å². The van der Waals surface area contributed by atoms with Crippen molar-refractivity contribution in [3.05, 3.63) is 47.3 Å². The maximum absolute atomic E-state index is 12.0. The van der Waals surface area contributed by atoms with Crippen LogP contribution in [0.5, 0.6) is 5.75 Å². The molecule has 0 fully saturated rings. The third kappa shape index (κ3) is 3.87. The van der Waals surface area contributed by atoms with Gasteiger partial charge in [-0.15, -0.1) is 0 Å².